The summed E-state index contributed by atoms with van der Waals surface area (Å²) in [6, 6.07) is 0. The van der Waals surface area contributed by atoms with Crippen LogP contribution < -0.4 is 0 Å². The first-order valence-electron chi connectivity index (χ1n) is 4.62. The summed E-state index contributed by atoms with van der Waals surface area (Å²) in [4.78, 5) is 10.8. The van der Waals surface area contributed by atoms with Gasteiger partial charge in [0.05, 0.1) is 12.7 Å². The molecule has 76 valence electrons. The molecule has 1 saturated heterocycles. The highest BCUT2D eigenvalue weighted by Gasteiger charge is 2.34. The highest BCUT2D eigenvalue weighted by atomic mass is 16.5. The molecule has 1 aliphatic heterocycles. The van der Waals surface area contributed by atoms with Gasteiger partial charge in [-0.3, -0.25) is 0 Å². The van der Waals surface area contributed by atoms with Crippen molar-refractivity contribution < 1.29 is 19.7 Å². The van der Waals surface area contributed by atoms with Gasteiger partial charge < -0.3 is 19.7 Å². The molecule has 0 bridgehead atoms. The van der Waals surface area contributed by atoms with Crippen LogP contribution in [0.1, 0.15) is 25.7 Å². The second-order valence-electron chi connectivity index (χ2n) is 3.53. The van der Waals surface area contributed by atoms with Crippen LogP contribution in [0.25, 0.3) is 0 Å². The van der Waals surface area contributed by atoms with E-state index in [1.807, 2.05) is 0 Å². The smallest absolute Gasteiger partial charge is 0.151 e. The van der Waals surface area contributed by atoms with Crippen molar-refractivity contribution in [1.29, 1.82) is 0 Å². The van der Waals surface area contributed by atoms with E-state index in [2.05, 4.69) is 0 Å². The molecule has 0 saturated carbocycles. The molecule has 0 spiro atoms. The van der Waals surface area contributed by atoms with Gasteiger partial charge in [-0.15, -0.1) is 0 Å². The molecule has 0 radical (unpaired) electrons. The van der Waals surface area contributed by atoms with Crippen LogP contribution in [0.2, 0.25) is 0 Å². The molecule has 0 aromatic heterocycles. The quantitative estimate of drug-likeness (QED) is 0.603. The average Bonchev–Trinajstić information content (AvgIpc) is 2.19. The summed E-state index contributed by atoms with van der Waals surface area (Å²) in [5.74, 6) is 0. The van der Waals surface area contributed by atoms with Crippen LogP contribution in [0.4, 0.5) is 0 Å². The molecule has 0 aliphatic carbocycles. The van der Waals surface area contributed by atoms with E-state index in [0.29, 0.717) is 13.0 Å². The zero-order valence-corrected chi connectivity index (χ0v) is 7.61. The third-order valence-corrected chi connectivity index (χ3v) is 2.39. The lowest BCUT2D eigenvalue weighted by Gasteiger charge is -2.33. The van der Waals surface area contributed by atoms with E-state index >= 15 is 0 Å². The standard InChI is InChI=1S/C9H16O4/c10-6-8(12)5-9(7-11)3-1-2-4-13-9/h7-8,10,12H,1-6H2. The Hall–Kier alpha value is -0.450. The minimum Gasteiger partial charge on any atom is -0.394 e. The van der Waals surface area contributed by atoms with Crippen LogP contribution in [-0.2, 0) is 9.53 Å². The topological polar surface area (TPSA) is 66.8 Å². The van der Waals surface area contributed by atoms with Crippen LogP contribution in [0, 0.1) is 0 Å². The fraction of sp³-hybridized carbons (Fsp3) is 0.889. The van der Waals surface area contributed by atoms with Crippen molar-refractivity contribution in [3.8, 4) is 0 Å². The number of ether oxygens (including phenoxy) is 1. The summed E-state index contributed by atoms with van der Waals surface area (Å²) < 4.78 is 5.35. The fourth-order valence-electron chi connectivity index (χ4n) is 1.64. The molecule has 4 heteroatoms. The highest BCUT2D eigenvalue weighted by Crippen LogP contribution is 2.27. The summed E-state index contributed by atoms with van der Waals surface area (Å²) >= 11 is 0. The lowest BCUT2D eigenvalue weighted by Crippen LogP contribution is -2.41. The molecule has 2 unspecified atom stereocenters. The van der Waals surface area contributed by atoms with E-state index in [-0.39, 0.29) is 13.0 Å². The molecule has 2 atom stereocenters. The lowest BCUT2D eigenvalue weighted by atomic mass is 9.90. The van der Waals surface area contributed by atoms with Crippen LogP contribution >= 0.6 is 0 Å². The number of hydrogen-bond acceptors (Lipinski definition) is 4. The molecule has 1 rings (SSSR count). The van der Waals surface area contributed by atoms with Crippen LogP contribution in [-0.4, -0.2) is 41.4 Å². The number of aliphatic hydroxyl groups is 2. The Labute approximate surface area is 77.5 Å². The summed E-state index contributed by atoms with van der Waals surface area (Å²) in [6.07, 6.45) is 2.65. The average molecular weight is 188 g/mol. The maximum Gasteiger partial charge on any atom is 0.151 e. The van der Waals surface area contributed by atoms with Gasteiger partial charge in [0.2, 0.25) is 0 Å². The van der Waals surface area contributed by atoms with E-state index in [9.17, 15) is 9.90 Å². The third kappa shape index (κ3) is 2.76. The monoisotopic (exact) mass is 188 g/mol. The van der Waals surface area contributed by atoms with Crippen molar-refractivity contribution in [2.45, 2.75) is 37.4 Å². The van der Waals surface area contributed by atoms with Crippen molar-refractivity contribution in [2.24, 2.45) is 0 Å². The van der Waals surface area contributed by atoms with Crippen LogP contribution in [0.15, 0.2) is 0 Å². The number of aliphatic hydroxyl groups excluding tert-OH is 2. The number of aldehydes is 1. The summed E-state index contributed by atoms with van der Waals surface area (Å²) in [5.41, 5.74) is -0.847. The molecule has 0 aromatic carbocycles. The molecule has 2 N–H and O–H groups in total. The third-order valence-electron chi connectivity index (χ3n) is 2.39. The molecule has 1 aliphatic rings. The van der Waals surface area contributed by atoms with Crippen molar-refractivity contribution in [2.75, 3.05) is 13.2 Å². The highest BCUT2D eigenvalue weighted by molar-refractivity contribution is 5.62. The first-order chi connectivity index (χ1) is 6.22. The largest absolute Gasteiger partial charge is 0.394 e. The number of rotatable bonds is 4. The molecule has 0 aromatic rings. The fourth-order valence-corrected chi connectivity index (χ4v) is 1.64. The lowest BCUT2D eigenvalue weighted by molar-refractivity contribution is -0.144. The second kappa shape index (κ2) is 4.69. The van der Waals surface area contributed by atoms with E-state index in [4.69, 9.17) is 9.84 Å². The first kappa shape index (κ1) is 10.6. The summed E-state index contributed by atoms with van der Waals surface area (Å²) in [7, 11) is 0. The van der Waals surface area contributed by atoms with Crippen molar-refractivity contribution in [3.63, 3.8) is 0 Å². The Balaban J connectivity index is 2.52. The van der Waals surface area contributed by atoms with Crippen molar-refractivity contribution >= 4 is 6.29 Å². The molecular weight excluding hydrogens is 172 g/mol. The van der Waals surface area contributed by atoms with Gasteiger partial charge in [0, 0.05) is 13.0 Å². The maximum atomic E-state index is 10.8. The van der Waals surface area contributed by atoms with Crippen LogP contribution in [0.3, 0.4) is 0 Å². The van der Waals surface area contributed by atoms with Gasteiger partial charge >= 0.3 is 0 Å². The number of hydrogen-bond donors (Lipinski definition) is 2. The normalized spacial score (nSPS) is 31.2. The van der Waals surface area contributed by atoms with Gasteiger partial charge in [0.1, 0.15) is 5.60 Å². The zero-order chi connectivity index (χ0) is 9.73. The molecule has 4 nitrogen and oxygen atoms in total. The molecule has 1 fully saturated rings. The van der Waals surface area contributed by atoms with E-state index in [1.54, 1.807) is 0 Å². The Morgan fingerprint density at radius 3 is 2.77 bits per heavy atom. The SMILES string of the molecule is O=CC1(CC(O)CO)CCCCO1. The zero-order valence-electron chi connectivity index (χ0n) is 7.61. The Morgan fingerprint density at radius 1 is 1.54 bits per heavy atom. The molecule has 0 amide bonds. The summed E-state index contributed by atoms with van der Waals surface area (Å²) in [6.45, 7) is 0.246. The Morgan fingerprint density at radius 2 is 2.31 bits per heavy atom. The van der Waals surface area contributed by atoms with Gasteiger partial charge in [-0.05, 0) is 19.3 Å². The van der Waals surface area contributed by atoms with Crippen molar-refractivity contribution in [1.82, 2.24) is 0 Å². The van der Waals surface area contributed by atoms with Crippen molar-refractivity contribution in [3.05, 3.63) is 0 Å². The minimum atomic E-state index is -0.858. The number of carbonyl (C=O) groups is 1. The molecular formula is C9H16O4. The van der Waals surface area contributed by atoms with Gasteiger partial charge in [-0.2, -0.15) is 0 Å². The predicted molar refractivity (Wildman–Crippen MR) is 46.3 cm³/mol. The second-order valence-corrected chi connectivity index (χ2v) is 3.53. The van der Waals surface area contributed by atoms with E-state index in [0.717, 1.165) is 19.1 Å². The van der Waals surface area contributed by atoms with Gasteiger partial charge in [0.25, 0.3) is 0 Å². The molecule has 13 heavy (non-hydrogen) atoms. The predicted octanol–water partition coefficient (Wildman–Crippen LogP) is -0.132. The Bertz CT molecular complexity index is 163. The van der Waals surface area contributed by atoms with E-state index in [1.165, 1.54) is 0 Å². The molecule has 1 heterocycles. The van der Waals surface area contributed by atoms with Gasteiger partial charge in [-0.1, -0.05) is 0 Å². The number of carbonyl (C=O) groups excluding carboxylic acids is 1. The van der Waals surface area contributed by atoms with Gasteiger partial charge in [0.15, 0.2) is 6.29 Å². The van der Waals surface area contributed by atoms with Crippen LogP contribution in [0.5, 0.6) is 0 Å². The van der Waals surface area contributed by atoms with Gasteiger partial charge in [-0.25, -0.2) is 0 Å². The van der Waals surface area contributed by atoms with E-state index < -0.39 is 11.7 Å². The first-order valence-corrected chi connectivity index (χ1v) is 4.62. The maximum absolute atomic E-state index is 10.8. The summed E-state index contributed by atoms with van der Waals surface area (Å²) in [5, 5.41) is 17.9. The Kier molecular flexibility index (Phi) is 3.84. The minimum absolute atomic E-state index is 0.201.